The molecule has 0 spiro atoms. The summed E-state index contributed by atoms with van der Waals surface area (Å²) < 4.78 is 1.98. The number of benzene rings is 3. The smallest absolute Gasteiger partial charge is 0.226 e. The molecule has 0 aliphatic carbocycles. The van der Waals surface area contributed by atoms with Crippen LogP contribution < -0.4 is 10.6 Å². The normalized spacial score (nSPS) is 10.6. The zero-order valence-corrected chi connectivity index (χ0v) is 25.3. The number of rotatable bonds is 9. The average Bonchev–Trinajstić information content (AvgIpc) is 3.45. The van der Waals surface area contributed by atoms with Crippen LogP contribution in [-0.4, -0.2) is 25.5 Å². The first kappa shape index (κ1) is 29.9. The maximum atomic E-state index is 12.6. The Kier molecular flexibility index (Phi) is 9.25. The number of aryl methyl sites for hydroxylation is 1. The molecule has 0 radical (unpaired) electrons. The third kappa shape index (κ3) is 6.57. The van der Waals surface area contributed by atoms with E-state index in [-0.39, 0.29) is 12.3 Å². The molecule has 1 amide bonds. The third-order valence-corrected chi connectivity index (χ3v) is 7.17. The topological polar surface area (TPSA) is 84.2 Å². The summed E-state index contributed by atoms with van der Waals surface area (Å²) in [7, 11) is 0. The van der Waals surface area contributed by atoms with Gasteiger partial charge < -0.3 is 10.6 Å². The number of carbonyl (C=O) groups is 1. The van der Waals surface area contributed by atoms with Gasteiger partial charge in [-0.3, -0.25) is 9.20 Å². The van der Waals surface area contributed by atoms with Crippen molar-refractivity contribution in [3.8, 4) is 22.4 Å². The van der Waals surface area contributed by atoms with E-state index in [0.29, 0.717) is 17.9 Å². The highest BCUT2D eigenvalue weighted by atomic mass is 16.1. The first-order valence-corrected chi connectivity index (χ1v) is 14.7. The van der Waals surface area contributed by atoms with Gasteiger partial charge in [-0.25, -0.2) is 4.98 Å². The average molecular weight is 581 g/mol. The molecule has 0 aliphatic heterocycles. The van der Waals surface area contributed by atoms with E-state index >= 15 is 0 Å². The monoisotopic (exact) mass is 580 g/mol. The first-order chi connectivity index (χ1) is 21.5. The van der Waals surface area contributed by atoms with Crippen LogP contribution in [0, 0.1) is 6.92 Å². The number of hydrogen-bond acceptors (Lipinski definition) is 5. The predicted octanol–water partition coefficient (Wildman–Crippen LogP) is 7.73. The molecule has 6 aromatic rings. The van der Waals surface area contributed by atoms with Gasteiger partial charge in [-0.2, -0.15) is 0 Å². The van der Waals surface area contributed by atoms with Gasteiger partial charge in [-0.15, -0.1) is 10.2 Å². The van der Waals surface area contributed by atoms with Gasteiger partial charge in [0.05, 0.1) is 17.6 Å². The highest BCUT2D eigenvalue weighted by Gasteiger charge is 2.15. The molecule has 0 unspecified atom stereocenters. The van der Waals surface area contributed by atoms with E-state index < -0.39 is 0 Å². The molecule has 6 rings (SSSR count). The van der Waals surface area contributed by atoms with Crippen LogP contribution in [0.2, 0.25) is 0 Å². The van der Waals surface area contributed by atoms with Crippen molar-refractivity contribution in [2.75, 3.05) is 0 Å². The Balaban J connectivity index is 0.00000188. The van der Waals surface area contributed by atoms with Crippen molar-refractivity contribution in [3.63, 3.8) is 0 Å². The van der Waals surface area contributed by atoms with Crippen molar-refractivity contribution in [2.24, 2.45) is 0 Å². The Hall–Kier alpha value is -5.56. The second kappa shape index (κ2) is 13.6. The Morgan fingerprint density at radius 3 is 2.23 bits per heavy atom. The molecule has 0 saturated carbocycles. The summed E-state index contributed by atoms with van der Waals surface area (Å²) in [5.74, 6) is 0.716. The first-order valence-electron chi connectivity index (χ1n) is 14.7. The molecule has 2 N–H and O–H groups in total. The molecule has 7 nitrogen and oxygen atoms in total. The Labute approximate surface area is 258 Å². The molecule has 3 aromatic carbocycles. The van der Waals surface area contributed by atoms with E-state index in [2.05, 4.69) is 52.2 Å². The van der Waals surface area contributed by atoms with Crippen molar-refractivity contribution in [1.29, 1.82) is 0 Å². The largest absolute Gasteiger partial charge is 0.359 e. The Morgan fingerprint density at radius 1 is 0.841 bits per heavy atom. The molecule has 220 valence electrons. The highest BCUT2D eigenvalue weighted by Crippen LogP contribution is 2.34. The van der Waals surface area contributed by atoms with Crippen LogP contribution >= 0.6 is 0 Å². The maximum absolute atomic E-state index is 12.6. The molecule has 0 saturated heterocycles. The molecular weight excluding hydrogens is 544 g/mol. The minimum Gasteiger partial charge on any atom is -0.359 e. The summed E-state index contributed by atoms with van der Waals surface area (Å²) in [6.45, 7) is 14.4. The van der Waals surface area contributed by atoms with Crippen molar-refractivity contribution >= 4 is 28.2 Å². The SMILES string of the molecule is C=C(CC(=O)NCc1ccc(-c2nc3ccn4c(C)nnc4c3cc2-c2ccccc2)cc1)NC(=C)c1ccccc1.CC. The molecule has 0 atom stereocenters. The fourth-order valence-electron chi connectivity index (χ4n) is 4.97. The fourth-order valence-corrected chi connectivity index (χ4v) is 4.97. The van der Waals surface area contributed by atoms with E-state index in [1.807, 2.05) is 110 Å². The molecule has 44 heavy (non-hydrogen) atoms. The molecule has 0 bridgehead atoms. The molecule has 0 aliphatic rings. The fraction of sp³-hybridized carbons (Fsp3) is 0.135. The van der Waals surface area contributed by atoms with Gasteiger partial charge in [0, 0.05) is 40.6 Å². The van der Waals surface area contributed by atoms with Crippen molar-refractivity contribution < 1.29 is 4.79 Å². The third-order valence-electron chi connectivity index (χ3n) is 7.17. The number of nitrogens with one attached hydrogen (secondary N) is 2. The van der Waals surface area contributed by atoms with Gasteiger partial charge in [0.1, 0.15) is 5.82 Å². The van der Waals surface area contributed by atoms with Crippen LogP contribution in [-0.2, 0) is 11.3 Å². The predicted molar refractivity (Wildman–Crippen MR) is 179 cm³/mol. The number of pyridine rings is 2. The molecular formula is C37H36N6O. The quantitative estimate of drug-likeness (QED) is 0.183. The lowest BCUT2D eigenvalue weighted by Crippen LogP contribution is -2.25. The van der Waals surface area contributed by atoms with Gasteiger partial charge >= 0.3 is 0 Å². The molecule has 3 heterocycles. The van der Waals surface area contributed by atoms with E-state index in [1.165, 1.54) is 0 Å². The second-order valence-corrected chi connectivity index (χ2v) is 10.2. The van der Waals surface area contributed by atoms with Gasteiger partial charge in [0.25, 0.3) is 0 Å². The Morgan fingerprint density at radius 2 is 1.52 bits per heavy atom. The van der Waals surface area contributed by atoms with Gasteiger partial charge in [-0.1, -0.05) is 112 Å². The van der Waals surface area contributed by atoms with Crippen LogP contribution in [0.25, 0.3) is 44.6 Å². The standard InChI is InChI=1S/C35H30N6O.C2H6/c1-23(37-24(2)27-10-6-4-7-11-27)20-33(42)36-22-26-14-16-29(17-15-26)34-30(28-12-8-5-9-13-28)21-31-32(38-34)18-19-41-25(3)39-40-35(31)41;1-2/h4-19,21,37H,1-2,20,22H2,3H3,(H,36,42);1-2H3. The van der Waals surface area contributed by atoms with Crippen molar-refractivity contribution in [3.05, 3.63) is 139 Å². The number of fused-ring (bicyclic) bond motifs is 3. The van der Waals surface area contributed by atoms with Crippen molar-refractivity contribution in [1.82, 2.24) is 30.2 Å². The molecule has 3 aromatic heterocycles. The number of hydrogen-bond donors (Lipinski definition) is 2. The lowest BCUT2D eigenvalue weighted by atomic mass is 9.97. The molecule has 0 fully saturated rings. The lowest BCUT2D eigenvalue weighted by molar-refractivity contribution is -0.120. The van der Waals surface area contributed by atoms with Gasteiger partial charge in [0.15, 0.2) is 5.65 Å². The lowest BCUT2D eigenvalue weighted by Gasteiger charge is -2.14. The van der Waals surface area contributed by atoms with Crippen molar-refractivity contribution in [2.45, 2.75) is 33.7 Å². The maximum Gasteiger partial charge on any atom is 0.226 e. The minimum atomic E-state index is -0.116. The number of carbonyl (C=O) groups excluding carboxylic acids is 1. The summed E-state index contributed by atoms with van der Waals surface area (Å²) >= 11 is 0. The Bertz CT molecular complexity index is 1930. The van der Waals surface area contributed by atoms with Crippen LogP contribution in [0.3, 0.4) is 0 Å². The number of amides is 1. The highest BCUT2D eigenvalue weighted by molar-refractivity contribution is 5.98. The van der Waals surface area contributed by atoms with Crippen LogP contribution in [0.1, 0.15) is 37.2 Å². The summed E-state index contributed by atoms with van der Waals surface area (Å²) in [6, 6.07) is 32.3. The van der Waals surface area contributed by atoms with E-state index in [1.54, 1.807) is 0 Å². The van der Waals surface area contributed by atoms with Crippen LogP contribution in [0.5, 0.6) is 0 Å². The molecule has 7 heteroatoms. The van der Waals surface area contributed by atoms with E-state index in [0.717, 1.165) is 55.9 Å². The van der Waals surface area contributed by atoms with Gasteiger partial charge in [0.2, 0.25) is 5.91 Å². The van der Waals surface area contributed by atoms with E-state index in [4.69, 9.17) is 4.98 Å². The zero-order chi connectivity index (χ0) is 31.1. The summed E-state index contributed by atoms with van der Waals surface area (Å²) in [5.41, 5.74) is 8.83. The van der Waals surface area contributed by atoms with Crippen LogP contribution in [0.4, 0.5) is 0 Å². The van der Waals surface area contributed by atoms with Crippen LogP contribution in [0.15, 0.2) is 122 Å². The van der Waals surface area contributed by atoms with Gasteiger partial charge in [-0.05, 0) is 35.7 Å². The summed E-state index contributed by atoms with van der Waals surface area (Å²) in [5, 5.41) is 15.7. The zero-order valence-electron chi connectivity index (χ0n) is 25.3. The number of nitrogens with zero attached hydrogens (tertiary/aromatic N) is 4. The van der Waals surface area contributed by atoms with E-state index in [9.17, 15) is 4.79 Å². The summed E-state index contributed by atoms with van der Waals surface area (Å²) in [6.07, 6.45) is 2.11. The second-order valence-electron chi connectivity index (χ2n) is 10.2. The minimum absolute atomic E-state index is 0.116. The number of aromatic nitrogens is 4. The summed E-state index contributed by atoms with van der Waals surface area (Å²) in [4.78, 5) is 17.7.